The number of hydrogen-bond acceptors (Lipinski definition) is 4. The molecule has 1 fully saturated rings. The van der Waals surface area contributed by atoms with Crippen LogP contribution in [0.3, 0.4) is 0 Å². The van der Waals surface area contributed by atoms with E-state index in [1.165, 1.54) is 6.26 Å². The van der Waals surface area contributed by atoms with Gasteiger partial charge in [-0.2, -0.15) is 0 Å². The molecule has 1 heterocycles. The van der Waals surface area contributed by atoms with E-state index < -0.39 is 0 Å². The zero-order valence-electron chi connectivity index (χ0n) is 12.6. The van der Waals surface area contributed by atoms with Gasteiger partial charge in [0, 0.05) is 19.0 Å². The Morgan fingerprint density at radius 1 is 1.41 bits per heavy atom. The van der Waals surface area contributed by atoms with E-state index in [9.17, 15) is 9.59 Å². The molecule has 1 saturated carbocycles. The molecule has 22 heavy (non-hydrogen) atoms. The van der Waals surface area contributed by atoms with Crippen LogP contribution in [-0.2, 0) is 11.3 Å². The van der Waals surface area contributed by atoms with Crippen molar-refractivity contribution in [1.29, 1.82) is 0 Å². The monoisotopic (exact) mass is 303 g/mol. The van der Waals surface area contributed by atoms with Crippen LogP contribution >= 0.6 is 0 Å². The topological polar surface area (TPSA) is 75.4 Å². The molecule has 0 saturated heterocycles. The van der Waals surface area contributed by atoms with E-state index in [-0.39, 0.29) is 30.0 Å². The van der Waals surface area contributed by atoms with E-state index in [0.717, 1.165) is 19.3 Å². The van der Waals surface area contributed by atoms with Crippen molar-refractivity contribution in [1.82, 2.24) is 15.2 Å². The molecular weight excluding hydrogens is 282 g/mol. The van der Waals surface area contributed by atoms with Crippen molar-refractivity contribution in [2.75, 3.05) is 13.1 Å². The maximum absolute atomic E-state index is 12.3. The first-order chi connectivity index (χ1) is 10.7. The van der Waals surface area contributed by atoms with Gasteiger partial charge < -0.3 is 14.6 Å². The molecule has 2 rings (SSSR count). The van der Waals surface area contributed by atoms with Gasteiger partial charge in [0.1, 0.15) is 6.26 Å². The SMILES string of the molecule is C=CCNC(=O)c1coc(CN(CC=C)C(=O)C2CCC2)n1. The molecule has 0 aliphatic heterocycles. The van der Waals surface area contributed by atoms with Crippen LogP contribution < -0.4 is 5.32 Å². The molecule has 6 nitrogen and oxygen atoms in total. The van der Waals surface area contributed by atoms with E-state index in [2.05, 4.69) is 23.5 Å². The van der Waals surface area contributed by atoms with Gasteiger partial charge in [-0.15, -0.1) is 13.2 Å². The first kappa shape index (κ1) is 16.0. The van der Waals surface area contributed by atoms with Gasteiger partial charge in [0.05, 0.1) is 6.54 Å². The summed E-state index contributed by atoms with van der Waals surface area (Å²) in [6.07, 6.45) is 7.54. The van der Waals surface area contributed by atoms with Gasteiger partial charge in [-0.1, -0.05) is 18.6 Å². The van der Waals surface area contributed by atoms with Crippen molar-refractivity contribution in [3.63, 3.8) is 0 Å². The second-order valence-electron chi connectivity index (χ2n) is 5.26. The molecule has 0 aromatic carbocycles. The van der Waals surface area contributed by atoms with Crippen LogP contribution in [0.2, 0.25) is 0 Å². The highest BCUT2D eigenvalue weighted by molar-refractivity contribution is 5.92. The Hall–Kier alpha value is -2.37. The van der Waals surface area contributed by atoms with Gasteiger partial charge in [-0.05, 0) is 12.8 Å². The molecule has 1 aliphatic rings. The number of carbonyl (C=O) groups excluding carboxylic acids is 2. The fourth-order valence-corrected chi connectivity index (χ4v) is 2.21. The third-order valence-corrected chi connectivity index (χ3v) is 3.63. The Kier molecular flexibility index (Phi) is 5.52. The smallest absolute Gasteiger partial charge is 0.273 e. The Balaban J connectivity index is 1.99. The summed E-state index contributed by atoms with van der Waals surface area (Å²) >= 11 is 0. The number of aromatic nitrogens is 1. The summed E-state index contributed by atoms with van der Waals surface area (Å²) in [4.78, 5) is 29.9. The molecule has 0 spiro atoms. The lowest BCUT2D eigenvalue weighted by atomic mass is 9.84. The lowest BCUT2D eigenvalue weighted by molar-refractivity contribution is -0.138. The van der Waals surface area contributed by atoms with Crippen LogP contribution in [0.15, 0.2) is 36.0 Å². The van der Waals surface area contributed by atoms with Crippen molar-refractivity contribution < 1.29 is 14.0 Å². The third kappa shape index (κ3) is 3.84. The summed E-state index contributed by atoms with van der Waals surface area (Å²) in [5.41, 5.74) is 0.200. The molecule has 1 aliphatic carbocycles. The Morgan fingerprint density at radius 3 is 2.77 bits per heavy atom. The molecule has 1 N–H and O–H groups in total. The normalized spacial score (nSPS) is 14.0. The summed E-state index contributed by atoms with van der Waals surface area (Å²) in [6.45, 7) is 8.26. The highest BCUT2D eigenvalue weighted by Gasteiger charge is 2.29. The minimum absolute atomic E-state index is 0.0991. The van der Waals surface area contributed by atoms with E-state index in [4.69, 9.17) is 4.42 Å². The zero-order chi connectivity index (χ0) is 15.9. The summed E-state index contributed by atoms with van der Waals surface area (Å²) in [7, 11) is 0. The minimum Gasteiger partial charge on any atom is -0.446 e. The van der Waals surface area contributed by atoms with Crippen molar-refractivity contribution in [3.8, 4) is 0 Å². The van der Waals surface area contributed by atoms with E-state index in [1.807, 2.05) is 0 Å². The molecule has 1 aromatic heterocycles. The predicted molar refractivity (Wildman–Crippen MR) is 82.0 cm³/mol. The van der Waals surface area contributed by atoms with Gasteiger partial charge in [-0.3, -0.25) is 9.59 Å². The fourth-order valence-electron chi connectivity index (χ4n) is 2.21. The number of nitrogens with one attached hydrogen (secondary N) is 1. The lowest BCUT2D eigenvalue weighted by Crippen LogP contribution is -2.38. The number of hydrogen-bond donors (Lipinski definition) is 1. The van der Waals surface area contributed by atoms with Gasteiger partial charge >= 0.3 is 0 Å². The predicted octanol–water partition coefficient (Wildman–Crippen LogP) is 1.91. The maximum atomic E-state index is 12.3. The Labute approximate surface area is 129 Å². The highest BCUT2D eigenvalue weighted by Crippen LogP contribution is 2.28. The number of rotatable bonds is 8. The number of oxazole rings is 1. The minimum atomic E-state index is -0.324. The largest absolute Gasteiger partial charge is 0.446 e. The van der Waals surface area contributed by atoms with Gasteiger partial charge in [0.15, 0.2) is 5.69 Å². The second-order valence-corrected chi connectivity index (χ2v) is 5.26. The van der Waals surface area contributed by atoms with Crippen LogP contribution in [0.1, 0.15) is 35.6 Å². The third-order valence-electron chi connectivity index (χ3n) is 3.63. The fraction of sp³-hybridized carbons (Fsp3) is 0.438. The maximum Gasteiger partial charge on any atom is 0.273 e. The first-order valence-electron chi connectivity index (χ1n) is 7.39. The van der Waals surface area contributed by atoms with Crippen molar-refractivity contribution >= 4 is 11.8 Å². The molecule has 118 valence electrons. The average Bonchev–Trinajstić information content (AvgIpc) is 2.91. The number of nitrogens with zero attached hydrogens (tertiary/aromatic N) is 2. The molecule has 2 amide bonds. The van der Waals surface area contributed by atoms with Crippen LogP contribution in [0.25, 0.3) is 0 Å². The molecule has 0 unspecified atom stereocenters. The number of carbonyl (C=O) groups is 2. The highest BCUT2D eigenvalue weighted by atomic mass is 16.3. The molecule has 6 heteroatoms. The first-order valence-corrected chi connectivity index (χ1v) is 7.39. The standard InChI is InChI=1S/C16H21N3O3/c1-3-8-17-15(20)13-11-22-14(18-13)10-19(9-4-2)16(21)12-6-5-7-12/h3-4,11-12H,1-2,5-10H2,(H,17,20). The van der Waals surface area contributed by atoms with E-state index >= 15 is 0 Å². The van der Waals surface area contributed by atoms with Crippen LogP contribution in [-0.4, -0.2) is 34.8 Å². The molecule has 0 atom stereocenters. The molecule has 0 radical (unpaired) electrons. The average molecular weight is 303 g/mol. The summed E-state index contributed by atoms with van der Waals surface area (Å²) in [6, 6.07) is 0. The second kappa shape index (κ2) is 7.59. The summed E-state index contributed by atoms with van der Waals surface area (Å²) in [5, 5.41) is 2.62. The van der Waals surface area contributed by atoms with E-state index in [1.54, 1.807) is 17.1 Å². The van der Waals surface area contributed by atoms with Crippen LogP contribution in [0.5, 0.6) is 0 Å². The molecule has 0 bridgehead atoms. The van der Waals surface area contributed by atoms with Crippen LogP contribution in [0, 0.1) is 5.92 Å². The lowest BCUT2D eigenvalue weighted by Gasteiger charge is -2.30. The van der Waals surface area contributed by atoms with Crippen molar-refractivity contribution in [3.05, 3.63) is 43.2 Å². The number of amides is 2. The van der Waals surface area contributed by atoms with Crippen LogP contribution in [0.4, 0.5) is 0 Å². The van der Waals surface area contributed by atoms with E-state index in [0.29, 0.717) is 19.0 Å². The Bertz CT molecular complexity index is 561. The van der Waals surface area contributed by atoms with Crippen molar-refractivity contribution in [2.45, 2.75) is 25.8 Å². The molecular formula is C16H21N3O3. The zero-order valence-corrected chi connectivity index (χ0v) is 12.6. The van der Waals surface area contributed by atoms with Gasteiger partial charge in [-0.25, -0.2) is 4.98 Å². The summed E-state index contributed by atoms with van der Waals surface area (Å²) < 4.78 is 5.30. The van der Waals surface area contributed by atoms with Crippen molar-refractivity contribution in [2.24, 2.45) is 5.92 Å². The quantitative estimate of drug-likeness (QED) is 0.744. The Morgan fingerprint density at radius 2 is 2.18 bits per heavy atom. The van der Waals surface area contributed by atoms with Gasteiger partial charge in [0.25, 0.3) is 5.91 Å². The molecule has 1 aromatic rings. The van der Waals surface area contributed by atoms with Gasteiger partial charge in [0.2, 0.25) is 11.8 Å². The summed E-state index contributed by atoms with van der Waals surface area (Å²) in [5.74, 6) is 0.223.